The lowest BCUT2D eigenvalue weighted by Gasteiger charge is -2.34. The molecule has 13 heavy (non-hydrogen) atoms. The molecule has 0 aromatic rings. The van der Waals surface area contributed by atoms with Crippen LogP contribution in [0.15, 0.2) is 0 Å². The molecular formula is C10H22N2S. The van der Waals surface area contributed by atoms with Crippen LogP contribution in [0, 0.1) is 5.92 Å². The molecule has 0 spiro atoms. The molecule has 3 heteroatoms. The van der Waals surface area contributed by atoms with Crippen LogP contribution >= 0.6 is 12.2 Å². The van der Waals surface area contributed by atoms with Gasteiger partial charge in [0.15, 0.2) is 0 Å². The minimum absolute atomic E-state index is 0.243. The van der Waals surface area contributed by atoms with E-state index < -0.39 is 0 Å². The minimum atomic E-state index is 0.243. The van der Waals surface area contributed by atoms with Crippen molar-refractivity contribution in [2.24, 2.45) is 11.7 Å². The number of thiocarbonyl (C=S) groups is 1. The molecule has 0 saturated heterocycles. The van der Waals surface area contributed by atoms with Crippen molar-refractivity contribution in [2.75, 3.05) is 7.05 Å². The molecule has 0 radical (unpaired) electrons. The number of nitrogens with two attached hydrogens (primary N) is 1. The van der Waals surface area contributed by atoms with Gasteiger partial charge in [0, 0.05) is 6.04 Å². The predicted molar refractivity (Wildman–Crippen MR) is 62.9 cm³/mol. The van der Waals surface area contributed by atoms with Crippen molar-refractivity contribution >= 4 is 17.2 Å². The average Bonchev–Trinajstić information content (AvgIpc) is 2.03. The summed E-state index contributed by atoms with van der Waals surface area (Å²) < 4.78 is 0. The fourth-order valence-electron chi connectivity index (χ4n) is 1.44. The van der Waals surface area contributed by atoms with Crippen LogP contribution < -0.4 is 5.73 Å². The second-order valence-electron chi connectivity index (χ2n) is 3.98. The number of nitrogens with zero attached hydrogens (tertiary/aromatic N) is 1. The summed E-state index contributed by atoms with van der Waals surface area (Å²) in [6, 6.07) is 0.763. The third-order valence-electron chi connectivity index (χ3n) is 2.81. The first-order valence-electron chi connectivity index (χ1n) is 4.93. The van der Waals surface area contributed by atoms with Crippen molar-refractivity contribution in [1.82, 2.24) is 4.90 Å². The smallest absolute Gasteiger partial charge is 0.0901 e. The number of hydrogen-bond acceptors (Lipinski definition) is 2. The van der Waals surface area contributed by atoms with Crippen molar-refractivity contribution in [1.29, 1.82) is 0 Å². The third kappa shape index (κ3) is 3.61. The molecule has 2 nitrogen and oxygen atoms in total. The van der Waals surface area contributed by atoms with Gasteiger partial charge in [-0.05, 0) is 26.3 Å². The van der Waals surface area contributed by atoms with Crippen molar-refractivity contribution in [3.8, 4) is 0 Å². The summed E-state index contributed by atoms with van der Waals surface area (Å²) in [5.74, 6) is 0.633. The Morgan fingerprint density at radius 3 is 2.08 bits per heavy atom. The summed E-state index contributed by atoms with van der Waals surface area (Å²) in [5.41, 5.74) is 5.68. The minimum Gasteiger partial charge on any atom is -0.392 e. The summed E-state index contributed by atoms with van der Waals surface area (Å²) >= 11 is 5.03. The molecular weight excluding hydrogens is 180 g/mol. The van der Waals surface area contributed by atoms with Crippen molar-refractivity contribution in [3.63, 3.8) is 0 Å². The molecule has 2 N–H and O–H groups in total. The van der Waals surface area contributed by atoms with E-state index in [4.69, 9.17) is 18.0 Å². The normalized spacial score (nSPS) is 16.2. The van der Waals surface area contributed by atoms with Gasteiger partial charge >= 0.3 is 0 Å². The maximum absolute atomic E-state index is 5.68. The summed E-state index contributed by atoms with van der Waals surface area (Å²) in [6.07, 6.45) is 0.989. The lowest BCUT2D eigenvalue weighted by molar-refractivity contribution is 0.180. The van der Waals surface area contributed by atoms with E-state index in [9.17, 15) is 0 Å². The van der Waals surface area contributed by atoms with Crippen LogP contribution in [-0.2, 0) is 0 Å². The molecule has 0 fully saturated rings. The van der Waals surface area contributed by atoms with Crippen LogP contribution in [0.3, 0.4) is 0 Å². The van der Waals surface area contributed by atoms with E-state index >= 15 is 0 Å². The average molecular weight is 202 g/mol. The lowest BCUT2D eigenvalue weighted by Crippen LogP contribution is -2.47. The first kappa shape index (κ1) is 12.8. The molecule has 0 rings (SSSR count). The van der Waals surface area contributed by atoms with Gasteiger partial charge in [0.25, 0.3) is 0 Å². The van der Waals surface area contributed by atoms with E-state index in [0.29, 0.717) is 16.9 Å². The summed E-state index contributed by atoms with van der Waals surface area (Å²) in [5, 5.41) is 0. The van der Waals surface area contributed by atoms with Crippen LogP contribution in [0.2, 0.25) is 0 Å². The zero-order valence-corrected chi connectivity index (χ0v) is 10.2. The Morgan fingerprint density at radius 1 is 1.38 bits per heavy atom. The molecule has 0 aromatic carbocycles. The predicted octanol–water partition coefficient (Wildman–Crippen LogP) is 2.03. The van der Waals surface area contributed by atoms with Crippen molar-refractivity contribution in [2.45, 2.75) is 46.2 Å². The number of rotatable bonds is 5. The van der Waals surface area contributed by atoms with Gasteiger partial charge in [-0.3, -0.25) is 4.90 Å². The highest BCUT2D eigenvalue weighted by atomic mass is 32.1. The maximum atomic E-state index is 5.68. The molecule has 0 bridgehead atoms. The van der Waals surface area contributed by atoms with Gasteiger partial charge in [-0.2, -0.15) is 0 Å². The van der Waals surface area contributed by atoms with Crippen LogP contribution in [0.25, 0.3) is 0 Å². The van der Waals surface area contributed by atoms with E-state index in [1.807, 2.05) is 0 Å². The molecule has 2 unspecified atom stereocenters. The SMILES string of the molecule is CCC(C(N)=S)N(C)C(C)C(C)C. The van der Waals surface area contributed by atoms with Crippen LogP contribution in [0.4, 0.5) is 0 Å². The molecule has 0 amide bonds. The number of likely N-dealkylation sites (N-methyl/N-ethyl adjacent to an activating group) is 1. The highest BCUT2D eigenvalue weighted by molar-refractivity contribution is 7.80. The fourth-order valence-corrected chi connectivity index (χ4v) is 1.78. The highest BCUT2D eigenvalue weighted by Crippen LogP contribution is 2.13. The Balaban J connectivity index is 4.36. The van der Waals surface area contributed by atoms with Gasteiger partial charge in [-0.25, -0.2) is 0 Å². The summed E-state index contributed by atoms with van der Waals surface area (Å²) in [4.78, 5) is 2.88. The first-order valence-corrected chi connectivity index (χ1v) is 5.33. The third-order valence-corrected chi connectivity index (χ3v) is 3.09. The molecule has 0 aromatic heterocycles. The molecule has 0 aliphatic heterocycles. The Kier molecular flexibility index (Phi) is 5.49. The van der Waals surface area contributed by atoms with Crippen molar-refractivity contribution in [3.05, 3.63) is 0 Å². The van der Waals surface area contributed by atoms with E-state index in [2.05, 4.69) is 39.6 Å². The monoisotopic (exact) mass is 202 g/mol. The van der Waals surface area contributed by atoms with Gasteiger partial charge < -0.3 is 5.73 Å². The second kappa shape index (κ2) is 5.55. The zero-order chi connectivity index (χ0) is 10.6. The Morgan fingerprint density at radius 2 is 1.85 bits per heavy atom. The van der Waals surface area contributed by atoms with Gasteiger partial charge in [-0.15, -0.1) is 0 Å². The summed E-state index contributed by atoms with van der Waals surface area (Å²) in [7, 11) is 2.10. The molecule has 0 aliphatic carbocycles. The molecule has 0 saturated carbocycles. The lowest BCUT2D eigenvalue weighted by atomic mass is 10.0. The Hall–Kier alpha value is -0.150. The standard InChI is InChI=1S/C10H22N2S/c1-6-9(10(11)13)12(5)8(4)7(2)3/h7-9H,6H2,1-5H3,(H2,11,13). The topological polar surface area (TPSA) is 29.3 Å². The van der Waals surface area contributed by atoms with Crippen LogP contribution in [0.1, 0.15) is 34.1 Å². The molecule has 2 atom stereocenters. The van der Waals surface area contributed by atoms with Gasteiger partial charge in [-0.1, -0.05) is 33.0 Å². The van der Waals surface area contributed by atoms with E-state index in [0.717, 1.165) is 6.42 Å². The van der Waals surface area contributed by atoms with E-state index in [1.165, 1.54) is 0 Å². The fraction of sp³-hybridized carbons (Fsp3) is 0.900. The van der Waals surface area contributed by atoms with Crippen LogP contribution in [-0.4, -0.2) is 29.0 Å². The first-order chi connectivity index (χ1) is 5.91. The largest absolute Gasteiger partial charge is 0.392 e. The van der Waals surface area contributed by atoms with E-state index in [1.54, 1.807) is 0 Å². The van der Waals surface area contributed by atoms with Gasteiger partial charge in [0.1, 0.15) is 0 Å². The quantitative estimate of drug-likeness (QED) is 0.692. The molecule has 0 aliphatic rings. The molecule has 78 valence electrons. The van der Waals surface area contributed by atoms with Crippen LogP contribution in [0.5, 0.6) is 0 Å². The second-order valence-corrected chi connectivity index (χ2v) is 4.45. The Bertz CT molecular complexity index is 168. The number of hydrogen-bond donors (Lipinski definition) is 1. The summed E-state index contributed by atoms with van der Waals surface area (Å²) in [6.45, 7) is 8.76. The maximum Gasteiger partial charge on any atom is 0.0901 e. The molecule has 0 heterocycles. The van der Waals surface area contributed by atoms with E-state index in [-0.39, 0.29) is 6.04 Å². The highest BCUT2D eigenvalue weighted by Gasteiger charge is 2.22. The van der Waals surface area contributed by atoms with Crippen molar-refractivity contribution < 1.29 is 0 Å². The Labute approximate surface area is 87.5 Å². The zero-order valence-electron chi connectivity index (χ0n) is 9.37. The van der Waals surface area contributed by atoms with Gasteiger partial charge in [0.2, 0.25) is 0 Å². The van der Waals surface area contributed by atoms with Gasteiger partial charge in [0.05, 0.1) is 11.0 Å².